The van der Waals surface area contributed by atoms with Crippen molar-refractivity contribution in [1.29, 1.82) is 0 Å². The summed E-state index contributed by atoms with van der Waals surface area (Å²) < 4.78 is 1.97. The topological polar surface area (TPSA) is 60.0 Å². The number of hydrogen-bond donors (Lipinski definition) is 1. The summed E-state index contributed by atoms with van der Waals surface area (Å²) in [5.74, 6) is 1.04. The first-order valence-electron chi connectivity index (χ1n) is 5.53. The summed E-state index contributed by atoms with van der Waals surface area (Å²) in [6.45, 7) is 5.69. The highest BCUT2D eigenvalue weighted by Gasteiger charge is 2.06. The molecule has 1 rings (SSSR count). The molecule has 0 bridgehead atoms. The molecular formula is C10H21N5. The number of aryl methyl sites for hydroxylation is 1. The van der Waals surface area contributed by atoms with E-state index in [2.05, 4.69) is 29.0 Å². The molecule has 86 valence electrons. The molecule has 0 radical (unpaired) electrons. The molecule has 0 unspecified atom stereocenters. The first kappa shape index (κ1) is 12.1. The van der Waals surface area contributed by atoms with Gasteiger partial charge >= 0.3 is 0 Å². The molecule has 0 amide bonds. The van der Waals surface area contributed by atoms with E-state index in [4.69, 9.17) is 5.73 Å². The summed E-state index contributed by atoms with van der Waals surface area (Å²) in [5, 5.41) is 4.19. The molecule has 0 aliphatic rings. The molecule has 5 nitrogen and oxygen atoms in total. The van der Waals surface area contributed by atoms with Crippen molar-refractivity contribution in [3.63, 3.8) is 0 Å². The highest BCUT2D eigenvalue weighted by Crippen LogP contribution is 2.00. The highest BCUT2D eigenvalue weighted by atomic mass is 15.3. The Morgan fingerprint density at radius 2 is 2.33 bits per heavy atom. The van der Waals surface area contributed by atoms with Crippen molar-refractivity contribution in [2.75, 3.05) is 20.1 Å². The van der Waals surface area contributed by atoms with E-state index in [1.54, 1.807) is 6.33 Å². The number of aromatic nitrogens is 3. The lowest BCUT2D eigenvalue weighted by Crippen LogP contribution is -2.23. The molecule has 1 aromatic heterocycles. The fraction of sp³-hybridized carbons (Fsp3) is 0.800. The van der Waals surface area contributed by atoms with Crippen LogP contribution in [0.5, 0.6) is 0 Å². The number of nitrogens with two attached hydrogens (primary N) is 1. The van der Waals surface area contributed by atoms with Crippen molar-refractivity contribution in [2.24, 2.45) is 5.73 Å². The van der Waals surface area contributed by atoms with Crippen LogP contribution in [-0.2, 0) is 13.1 Å². The van der Waals surface area contributed by atoms with Crippen LogP contribution in [0.25, 0.3) is 0 Å². The average Bonchev–Trinajstić information content (AvgIpc) is 2.63. The predicted octanol–water partition coefficient (Wildman–Crippen LogP) is 0.469. The Bertz CT molecular complexity index is 271. The molecule has 2 N–H and O–H groups in total. The molecule has 0 aliphatic heterocycles. The van der Waals surface area contributed by atoms with E-state index >= 15 is 0 Å². The summed E-state index contributed by atoms with van der Waals surface area (Å²) >= 11 is 0. The Hall–Kier alpha value is -0.940. The Kier molecular flexibility index (Phi) is 5.28. The molecule has 5 heteroatoms. The summed E-state index contributed by atoms with van der Waals surface area (Å²) in [6.07, 6.45) is 3.74. The van der Waals surface area contributed by atoms with Crippen molar-refractivity contribution >= 4 is 0 Å². The van der Waals surface area contributed by atoms with Crippen LogP contribution in [0.15, 0.2) is 6.33 Å². The Balaban J connectivity index is 2.44. The Labute approximate surface area is 91.3 Å². The van der Waals surface area contributed by atoms with E-state index in [1.165, 1.54) is 0 Å². The monoisotopic (exact) mass is 211 g/mol. The predicted molar refractivity (Wildman–Crippen MR) is 60.3 cm³/mol. The summed E-state index contributed by atoms with van der Waals surface area (Å²) in [4.78, 5) is 6.49. The van der Waals surface area contributed by atoms with Gasteiger partial charge in [0.2, 0.25) is 0 Å². The Morgan fingerprint density at radius 3 is 3.00 bits per heavy atom. The van der Waals surface area contributed by atoms with Crippen LogP contribution in [-0.4, -0.2) is 39.8 Å². The van der Waals surface area contributed by atoms with Gasteiger partial charge in [0.15, 0.2) is 0 Å². The van der Waals surface area contributed by atoms with Crippen molar-refractivity contribution in [1.82, 2.24) is 19.7 Å². The minimum absolute atomic E-state index is 0.742. The molecule has 0 saturated heterocycles. The van der Waals surface area contributed by atoms with E-state index in [0.29, 0.717) is 0 Å². The smallest absolute Gasteiger partial charge is 0.140 e. The SMILES string of the molecule is CCCn1ncnc1CN(C)CCCN. The van der Waals surface area contributed by atoms with Crippen molar-refractivity contribution < 1.29 is 0 Å². The second kappa shape index (κ2) is 6.53. The lowest BCUT2D eigenvalue weighted by atomic mass is 10.4. The summed E-state index contributed by atoms with van der Waals surface area (Å²) in [6, 6.07) is 0. The third kappa shape index (κ3) is 3.97. The molecule has 1 aromatic rings. The largest absolute Gasteiger partial charge is 0.330 e. The number of nitrogens with zero attached hydrogens (tertiary/aromatic N) is 4. The van der Waals surface area contributed by atoms with Gasteiger partial charge in [0, 0.05) is 6.54 Å². The second-order valence-corrected chi connectivity index (χ2v) is 3.78. The normalized spacial score (nSPS) is 11.2. The fourth-order valence-corrected chi connectivity index (χ4v) is 1.49. The first-order chi connectivity index (χ1) is 7.27. The molecular weight excluding hydrogens is 190 g/mol. The van der Waals surface area contributed by atoms with Gasteiger partial charge in [-0.15, -0.1) is 0 Å². The molecule has 0 aromatic carbocycles. The zero-order valence-corrected chi connectivity index (χ0v) is 9.69. The molecule has 15 heavy (non-hydrogen) atoms. The van der Waals surface area contributed by atoms with Gasteiger partial charge in [0.25, 0.3) is 0 Å². The van der Waals surface area contributed by atoms with Gasteiger partial charge in [-0.1, -0.05) is 6.92 Å². The van der Waals surface area contributed by atoms with E-state index < -0.39 is 0 Å². The summed E-state index contributed by atoms with van der Waals surface area (Å²) in [5.41, 5.74) is 5.47. The standard InChI is InChI=1S/C10H21N5/c1-3-6-15-10(12-9-13-15)8-14(2)7-4-5-11/h9H,3-8,11H2,1-2H3. The van der Waals surface area contributed by atoms with Gasteiger partial charge in [-0.2, -0.15) is 5.10 Å². The lowest BCUT2D eigenvalue weighted by molar-refractivity contribution is 0.307. The zero-order chi connectivity index (χ0) is 11.1. The van der Waals surface area contributed by atoms with Crippen LogP contribution in [0, 0.1) is 0 Å². The van der Waals surface area contributed by atoms with Crippen molar-refractivity contribution in [3.05, 3.63) is 12.2 Å². The lowest BCUT2D eigenvalue weighted by Gasteiger charge is -2.15. The highest BCUT2D eigenvalue weighted by molar-refractivity contribution is 4.84. The van der Waals surface area contributed by atoms with E-state index in [9.17, 15) is 0 Å². The molecule has 0 aliphatic carbocycles. The third-order valence-corrected chi connectivity index (χ3v) is 2.29. The van der Waals surface area contributed by atoms with Gasteiger partial charge in [-0.3, -0.25) is 4.90 Å². The Morgan fingerprint density at radius 1 is 1.53 bits per heavy atom. The van der Waals surface area contributed by atoms with E-state index in [-0.39, 0.29) is 0 Å². The van der Waals surface area contributed by atoms with Crippen molar-refractivity contribution in [2.45, 2.75) is 32.9 Å². The molecule has 0 spiro atoms. The van der Waals surface area contributed by atoms with Gasteiger partial charge in [-0.25, -0.2) is 9.67 Å². The fourth-order valence-electron chi connectivity index (χ4n) is 1.49. The number of hydrogen-bond acceptors (Lipinski definition) is 4. The van der Waals surface area contributed by atoms with Gasteiger partial charge in [-0.05, 0) is 33.0 Å². The first-order valence-corrected chi connectivity index (χ1v) is 5.53. The van der Waals surface area contributed by atoms with Gasteiger partial charge in [0.1, 0.15) is 12.2 Å². The van der Waals surface area contributed by atoms with E-state index in [0.717, 1.165) is 44.8 Å². The molecule has 0 saturated carbocycles. The van der Waals surface area contributed by atoms with Crippen LogP contribution in [0.4, 0.5) is 0 Å². The minimum atomic E-state index is 0.742. The molecule has 1 heterocycles. The van der Waals surface area contributed by atoms with Gasteiger partial charge < -0.3 is 5.73 Å². The quantitative estimate of drug-likeness (QED) is 0.712. The van der Waals surface area contributed by atoms with Crippen LogP contribution in [0.3, 0.4) is 0 Å². The van der Waals surface area contributed by atoms with Crippen LogP contribution < -0.4 is 5.73 Å². The average molecular weight is 211 g/mol. The van der Waals surface area contributed by atoms with Crippen molar-refractivity contribution in [3.8, 4) is 0 Å². The maximum Gasteiger partial charge on any atom is 0.140 e. The molecule has 0 atom stereocenters. The van der Waals surface area contributed by atoms with Gasteiger partial charge in [0.05, 0.1) is 6.54 Å². The minimum Gasteiger partial charge on any atom is -0.330 e. The zero-order valence-electron chi connectivity index (χ0n) is 9.69. The second-order valence-electron chi connectivity index (χ2n) is 3.78. The van der Waals surface area contributed by atoms with Crippen LogP contribution >= 0.6 is 0 Å². The maximum atomic E-state index is 5.47. The van der Waals surface area contributed by atoms with Crippen LogP contribution in [0.1, 0.15) is 25.6 Å². The number of rotatable bonds is 7. The van der Waals surface area contributed by atoms with Crippen LogP contribution in [0.2, 0.25) is 0 Å². The van der Waals surface area contributed by atoms with E-state index in [1.807, 2.05) is 4.68 Å². The summed E-state index contributed by atoms with van der Waals surface area (Å²) in [7, 11) is 2.08. The third-order valence-electron chi connectivity index (χ3n) is 2.29. The molecule has 0 fully saturated rings. The maximum absolute atomic E-state index is 5.47.